The van der Waals surface area contributed by atoms with Crippen molar-refractivity contribution < 1.29 is 19.2 Å². The summed E-state index contributed by atoms with van der Waals surface area (Å²) in [5.74, 6) is 0.764. The third-order valence-corrected chi connectivity index (χ3v) is 6.42. The van der Waals surface area contributed by atoms with Crippen molar-refractivity contribution in [3.8, 4) is 11.5 Å². The van der Waals surface area contributed by atoms with Crippen LogP contribution in [0.3, 0.4) is 0 Å². The minimum atomic E-state index is -0.449. The van der Waals surface area contributed by atoms with Crippen LogP contribution in [0.2, 0.25) is 5.02 Å². The van der Waals surface area contributed by atoms with Gasteiger partial charge >= 0.3 is 0 Å². The summed E-state index contributed by atoms with van der Waals surface area (Å²) in [6, 6.07) is 18.4. The number of nitro benzene ring substituents is 1. The fourth-order valence-corrected chi connectivity index (χ4v) is 4.71. The Morgan fingerprint density at radius 3 is 2.56 bits per heavy atom. The largest absolute Gasteiger partial charge is 0.493 e. The number of amides is 1. The number of anilines is 1. The lowest BCUT2D eigenvalue weighted by molar-refractivity contribution is -0.384. The van der Waals surface area contributed by atoms with E-state index in [9.17, 15) is 14.9 Å². The number of carbonyl (C=O) groups excluding carboxylic acids is 1. The van der Waals surface area contributed by atoms with Crippen molar-refractivity contribution in [2.45, 2.75) is 6.61 Å². The van der Waals surface area contributed by atoms with Crippen LogP contribution in [0.5, 0.6) is 11.5 Å². The highest BCUT2D eigenvalue weighted by Crippen LogP contribution is 2.38. The van der Waals surface area contributed by atoms with Gasteiger partial charge in [-0.05, 0) is 59.7 Å². The van der Waals surface area contributed by atoms with Crippen LogP contribution < -0.4 is 14.4 Å². The molecule has 0 N–H and O–H groups in total. The van der Waals surface area contributed by atoms with Gasteiger partial charge in [-0.3, -0.25) is 19.8 Å². The quantitative estimate of drug-likeness (QED) is 0.160. The second-order valence-electron chi connectivity index (χ2n) is 7.12. The molecule has 1 aliphatic rings. The molecule has 0 aliphatic carbocycles. The zero-order valence-electron chi connectivity index (χ0n) is 17.8. The van der Waals surface area contributed by atoms with Gasteiger partial charge in [0.25, 0.3) is 11.6 Å². The summed E-state index contributed by atoms with van der Waals surface area (Å²) in [7, 11) is 1.52. The second-order valence-corrected chi connectivity index (χ2v) is 9.23. The minimum Gasteiger partial charge on any atom is -0.493 e. The van der Waals surface area contributed by atoms with E-state index in [0.29, 0.717) is 31.4 Å². The van der Waals surface area contributed by atoms with E-state index < -0.39 is 4.92 Å². The average molecular weight is 513 g/mol. The molecule has 4 rings (SSSR count). The first-order valence-electron chi connectivity index (χ1n) is 9.93. The number of halogens is 1. The maximum atomic E-state index is 13.0. The maximum Gasteiger partial charge on any atom is 0.270 e. The van der Waals surface area contributed by atoms with Gasteiger partial charge in [-0.15, -0.1) is 0 Å². The Morgan fingerprint density at radius 2 is 1.88 bits per heavy atom. The number of ether oxygens (including phenoxy) is 2. The highest BCUT2D eigenvalue weighted by Gasteiger charge is 2.33. The topological polar surface area (TPSA) is 81.9 Å². The molecule has 0 saturated carbocycles. The number of nitrogens with zero attached hydrogens (tertiary/aromatic N) is 2. The molecule has 3 aromatic rings. The van der Waals surface area contributed by atoms with Gasteiger partial charge < -0.3 is 9.47 Å². The molecule has 0 aromatic heterocycles. The Kier molecular flexibility index (Phi) is 7.16. The van der Waals surface area contributed by atoms with Gasteiger partial charge in [0.1, 0.15) is 6.61 Å². The van der Waals surface area contributed by atoms with E-state index in [0.717, 1.165) is 11.1 Å². The summed E-state index contributed by atoms with van der Waals surface area (Å²) in [5.41, 5.74) is 2.16. The normalized spacial score (nSPS) is 14.5. The molecule has 1 aliphatic heterocycles. The van der Waals surface area contributed by atoms with Gasteiger partial charge in [-0.1, -0.05) is 47.7 Å². The highest BCUT2D eigenvalue weighted by molar-refractivity contribution is 8.27. The van der Waals surface area contributed by atoms with Crippen molar-refractivity contribution in [1.29, 1.82) is 0 Å². The fourth-order valence-electron chi connectivity index (χ4n) is 3.23. The lowest BCUT2D eigenvalue weighted by Crippen LogP contribution is -2.27. The third kappa shape index (κ3) is 5.22. The van der Waals surface area contributed by atoms with Crippen molar-refractivity contribution in [1.82, 2.24) is 0 Å². The first kappa shape index (κ1) is 23.7. The van der Waals surface area contributed by atoms with Crippen LogP contribution in [0.1, 0.15) is 11.1 Å². The number of nitro groups is 1. The van der Waals surface area contributed by atoms with Crippen LogP contribution in [-0.4, -0.2) is 22.3 Å². The number of non-ortho nitro benzene ring substituents is 1. The molecule has 0 bridgehead atoms. The number of thiocarbonyl (C=S) groups is 1. The van der Waals surface area contributed by atoms with Gasteiger partial charge in [-0.2, -0.15) is 0 Å². The summed E-state index contributed by atoms with van der Waals surface area (Å²) in [5, 5.41) is 11.3. The number of hydrogen-bond donors (Lipinski definition) is 0. The van der Waals surface area contributed by atoms with E-state index in [2.05, 4.69) is 0 Å². The van der Waals surface area contributed by atoms with Gasteiger partial charge in [-0.25, -0.2) is 0 Å². The lowest BCUT2D eigenvalue weighted by atomic mass is 10.1. The zero-order chi connectivity index (χ0) is 24.2. The Bertz CT molecular complexity index is 1310. The van der Waals surface area contributed by atoms with Crippen LogP contribution in [-0.2, 0) is 11.4 Å². The summed E-state index contributed by atoms with van der Waals surface area (Å²) >= 11 is 12.7. The summed E-state index contributed by atoms with van der Waals surface area (Å²) in [6.07, 6.45) is 1.74. The van der Waals surface area contributed by atoms with Gasteiger partial charge in [0, 0.05) is 17.2 Å². The minimum absolute atomic E-state index is 0.0199. The molecule has 3 aromatic carbocycles. The Balaban J connectivity index is 1.50. The molecule has 1 amide bonds. The third-order valence-electron chi connectivity index (χ3n) is 4.89. The molecule has 1 fully saturated rings. The molecular formula is C24H17ClN2O5S2. The van der Waals surface area contributed by atoms with Gasteiger partial charge in [0.2, 0.25) is 0 Å². The first-order chi connectivity index (χ1) is 16.4. The lowest BCUT2D eigenvalue weighted by Gasteiger charge is -2.14. The standard InChI is InChI=1S/C24H17ClN2O5S2/c1-31-21-11-16(7-10-20(21)32-14-15-5-8-18(9-6-15)27(29)30)12-22-23(28)26(24(33)34-22)19-4-2-3-17(25)13-19/h2-13H,14H2,1H3/b22-12+. The second kappa shape index (κ2) is 10.3. The molecule has 172 valence electrons. The molecule has 1 heterocycles. The molecule has 0 unspecified atom stereocenters. The predicted octanol–water partition coefficient (Wildman–Crippen LogP) is 6.24. The van der Waals surface area contributed by atoms with E-state index in [4.69, 9.17) is 33.3 Å². The molecule has 34 heavy (non-hydrogen) atoms. The maximum absolute atomic E-state index is 13.0. The van der Waals surface area contributed by atoms with E-state index >= 15 is 0 Å². The number of benzene rings is 3. The van der Waals surface area contributed by atoms with Crippen LogP contribution in [0.25, 0.3) is 6.08 Å². The number of hydrogen-bond acceptors (Lipinski definition) is 7. The van der Waals surface area contributed by atoms with Crippen molar-refractivity contribution in [3.63, 3.8) is 0 Å². The summed E-state index contributed by atoms with van der Waals surface area (Å²) < 4.78 is 11.7. The molecule has 0 radical (unpaired) electrons. The van der Waals surface area contributed by atoms with E-state index in [1.54, 1.807) is 60.7 Å². The van der Waals surface area contributed by atoms with Crippen molar-refractivity contribution in [3.05, 3.63) is 97.9 Å². The summed E-state index contributed by atoms with van der Waals surface area (Å²) in [4.78, 5) is 25.3. The van der Waals surface area contributed by atoms with Crippen molar-refractivity contribution in [2.24, 2.45) is 0 Å². The van der Waals surface area contributed by atoms with E-state index in [1.165, 1.54) is 35.9 Å². The zero-order valence-corrected chi connectivity index (χ0v) is 20.2. The summed E-state index contributed by atoms with van der Waals surface area (Å²) in [6.45, 7) is 0.214. The number of carbonyl (C=O) groups is 1. The van der Waals surface area contributed by atoms with Crippen LogP contribution >= 0.6 is 35.6 Å². The van der Waals surface area contributed by atoms with Crippen molar-refractivity contribution >= 4 is 63.3 Å². The Labute approximate surface area is 210 Å². The molecule has 0 atom stereocenters. The van der Waals surface area contributed by atoms with E-state index in [1.807, 2.05) is 0 Å². The SMILES string of the molecule is COc1cc(/C=C2/SC(=S)N(c3cccc(Cl)c3)C2=O)ccc1OCc1ccc([N+](=O)[O-])cc1. The monoisotopic (exact) mass is 512 g/mol. The molecule has 7 nitrogen and oxygen atoms in total. The average Bonchev–Trinajstić information content (AvgIpc) is 3.10. The van der Waals surface area contributed by atoms with Crippen LogP contribution in [0, 0.1) is 10.1 Å². The van der Waals surface area contributed by atoms with Gasteiger partial charge in [0.05, 0.1) is 22.6 Å². The van der Waals surface area contributed by atoms with E-state index in [-0.39, 0.29) is 18.2 Å². The van der Waals surface area contributed by atoms with Gasteiger partial charge in [0.15, 0.2) is 15.8 Å². The fraction of sp³-hybridized carbons (Fsp3) is 0.0833. The predicted molar refractivity (Wildman–Crippen MR) is 138 cm³/mol. The highest BCUT2D eigenvalue weighted by atomic mass is 35.5. The smallest absolute Gasteiger partial charge is 0.270 e. The molecule has 0 spiro atoms. The van der Waals surface area contributed by atoms with Crippen LogP contribution in [0.15, 0.2) is 71.6 Å². The number of methoxy groups -OCH3 is 1. The molecule has 10 heteroatoms. The van der Waals surface area contributed by atoms with Crippen molar-refractivity contribution in [2.75, 3.05) is 12.0 Å². The Hall–Kier alpha value is -3.40. The van der Waals surface area contributed by atoms with Crippen LogP contribution in [0.4, 0.5) is 11.4 Å². The molecule has 1 saturated heterocycles. The Morgan fingerprint density at radius 1 is 1.12 bits per heavy atom. The number of thioether (sulfide) groups is 1. The molecular weight excluding hydrogens is 496 g/mol. The first-order valence-corrected chi connectivity index (χ1v) is 11.5. The number of rotatable bonds is 7.